The summed E-state index contributed by atoms with van der Waals surface area (Å²) in [6.45, 7) is 9.75. The van der Waals surface area contributed by atoms with Gasteiger partial charge in [-0.15, -0.1) is 0 Å². The molecule has 0 aromatic heterocycles. The zero-order chi connectivity index (χ0) is 20.6. The molecule has 150 valence electrons. The van der Waals surface area contributed by atoms with E-state index in [4.69, 9.17) is 10.5 Å². The van der Waals surface area contributed by atoms with Crippen LogP contribution in [0.2, 0.25) is 0 Å². The lowest BCUT2D eigenvalue weighted by molar-refractivity contribution is -0.131. The zero-order valence-electron chi connectivity index (χ0n) is 16.6. The van der Waals surface area contributed by atoms with Gasteiger partial charge >= 0.3 is 6.03 Å². The summed E-state index contributed by atoms with van der Waals surface area (Å²) >= 11 is 0. The maximum Gasteiger partial charge on any atom is 0.312 e. The van der Waals surface area contributed by atoms with Gasteiger partial charge in [-0.2, -0.15) is 0 Å². The predicted octanol–water partition coefficient (Wildman–Crippen LogP) is 1.59. The number of nitrogens with two attached hydrogens (primary N) is 1. The molecule has 1 aromatic carbocycles. The maximum atomic E-state index is 12.2. The Morgan fingerprint density at radius 2 is 1.70 bits per heavy atom. The Bertz CT molecular complexity index is 653. The Morgan fingerprint density at radius 3 is 2.19 bits per heavy atom. The summed E-state index contributed by atoms with van der Waals surface area (Å²) in [6, 6.07) is 5.84. The van der Waals surface area contributed by atoms with Gasteiger partial charge in [0.05, 0.1) is 0 Å². The van der Waals surface area contributed by atoms with Gasteiger partial charge in [0, 0.05) is 0 Å². The van der Waals surface area contributed by atoms with Crippen molar-refractivity contribution < 1.29 is 19.1 Å². The third kappa shape index (κ3) is 7.55. The molecule has 4 amide bonds. The molecule has 0 aliphatic carbocycles. The number of hydrazine groups is 1. The van der Waals surface area contributed by atoms with Gasteiger partial charge in [0.15, 0.2) is 6.61 Å². The molecule has 8 nitrogen and oxygen atoms in total. The maximum absolute atomic E-state index is 12.2. The van der Waals surface area contributed by atoms with Gasteiger partial charge in [-0.1, -0.05) is 53.2 Å². The average Bonchev–Trinajstić information content (AvgIpc) is 2.61. The molecule has 27 heavy (non-hydrogen) atoms. The number of primary amides is 1. The molecule has 0 heterocycles. The van der Waals surface area contributed by atoms with Gasteiger partial charge < -0.3 is 15.8 Å². The highest BCUT2D eigenvalue weighted by Crippen LogP contribution is 2.24. The largest absolute Gasteiger partial charge is 0.484 e. The van der Waals surface area contributed by atoms with Crippen molar-refractivity contribution in [3.05, 3.63) is 29.8 Å². The number of ether oxygens (including phenoxy) is 1. The molecule has 0 bridgehead atoms. The van der Waals surface area contributed by atoms with Crippen LogP contribution in [0.1, 0.15) is 46.6 Å². The number of nitrogens with one attached hydrogen (secondary N) is 3. The number of amides is 4. The van der Waals surface area contributed by atoms with Crippen LogP contribution in [0, 0.1) is 5.92 Å². The average molecular weight is 378 g/mol. The monoisotopic (exact) mass is 378 g/mol. The van der Waals surface area contributed by atoms with Crippen LogP contribution in [-0.4, -0.2) is 30.5 Å². The normalized spacial score (nSPS) is 13.2. The molecular formula is C19H30N4O4. The van der Waals surface area contributed by atoms with Crippen molar-refractivity contribution in [3.8, 4) is 5.75 Å². The van der Waals surface area contributed by atoms with Crippen LogP contribution in [0.15, 0.2) is 24.3 Å². The van der Waals surface area contributed by atoms with Crippen molar-refractivity contribution in [3.63, 3.8) is 0 Å². The molecule has 5 N–H and O–H groups in total. The van der Waals surface area contributed by atoms with Crippen LogP contribution in [0.25, 0.3) is 0 Å². The van der Waals surface area contributed by atoms with Crippen molar-refractivity contribution in [1.29, 1.82) is 0 Å². The fourth-order valence-corrected chi connectivity index (χ4v) is 2.30. The molecule has 0 aliphatic heterocycles. The van der Waals surface area contributed by atoms with E-state index < -0.39 is 23.9 Å². The number of hydrogen-bond acceptors (Lipinski definition) is 4. The second kappa shape index (κ2) is 9.80. The minimum atomic E-state index is -0.835. The lowest BCUT2D eigenvalue weighted by Crippen LogP contribution is -2.56. The second-order valence-corrected chi connectivity index (χ2v) is 7.47. The van der Waals surface area contributed by atoms with E-state index in [1.165, 1.54) is 0 Å². The summed E-state index contributed by atoms with van der Waals surface area (Å²) in [5, 5.41) is 2.37. The topological polar surface area (TPSA) is 123 Å². The quantitative estimate of drug-likeness (QED) is 0.538. The van der Waals surface area contributed by atoms with Gasteiger partial charge in [-0.05, 0) is 29.0 Å². The Labute approximate surface area is 160 Å². The van der Waals surface area contributed by atoms with E-state index in [1.54, 1.807) is 19.1 Å². The zero-order valence-corrected chi connectivity index (χ0v) is 16.6. The predicted molar refractivity (Wildman–Crippen MR) is 103 cm³/mol. The molecule has 0 saturated carbocycles. The van der Waals surface area contributed by atoms with Gasteiger partial charge in [0.2, 0.25) is 0 Å². The van der Waals surface area contributed by atoms with Crippen molar-refractivity contribution >= 4 is 17.8 Å². The molecule has 0 aliphatic rings. The molecule has 2 atom stereocenters. The van der Waals surface area contributed by atoms with E-state index in [0.29, 0.717) is 12.2 Å². The lowest BCUT2D eigenvalue weighted by Gasteiger charge is -2.22. The first kappa shape index (κ1) is 22.3. The molecule has 0 fully saturated rings. The number of benzene rings is 1. The van der Waals surface area contributed by atoms with E-state index in [-0.39, 0.29) is 17.9 Å². The Balaban J connectivity index is 2.50. The van der Waals surface area contributed by atoms with E-state index in [1.807, 2.05) is 19.1 Å². The van der Waals surface area contributed by atoms with Crippen molar-refractivity contribution in [1.82, 2.24) is 16.2 Å². The number of hydrogen-bond donors (Lipinski definition) is 4. The van der Waals surface area contributed by atoms with Gasteiger partial charge in [0.25, 0.3) is 11.8 Å². The van der Waals surface area contributed by atoms with Crippen LogP contribution < -0.4 is 26.6 Å². The van der Waals surface area contributed by atoms with E-state index in [0.717, 1.165) is 5.56 Å². The summed E-state index contributed by atoms with van der Waals surface area (Å²) < 4.78 is 5.41. The number of carbonyl (C=O) groups excluding carboxylic acids is 3. The molecule has 8 heteroatoms. The Hall–Kier alpha value is -2.77. The molecule has 0 spiro atoms. The third-order valence-electron chi connectivity index (χ3n) is 4.21. The highest BCUT2D eigenvalue weighted by atomic mass is 16.5. The summed E-state index contributed by atoms with van der Waals surface area (Å²) in [7, 11) is 0. The van der Waals surface area contributed by atoms with E-state index in [9.17, 15) is 14.4 Å². The highest BCUT2D eigenvalue weighted by molar-refractivity contribution is 5.88. The second-order valence-electron chi connectivity index (χ2n) is 7.47. The summed E-state index contributed by atoms with van der Waals surface area (Å²) in [6.07, 6.45) is 0.653. The first-order valence-electron chi connectivity index (χ1n) is 8.92. The fraction of sp³-hybridized carbons (Fsp3) is 0.526. The summed E-state index contributed by atoms with van der Waals surface area (Å²) in [4.78, 5) is 35.1. The van der Waals surface area contributed by atoms with Crippen LogP contribution in [0.4, 0.5) is 4.79 Å². The van der Waals surface area contributed by atoms with E-state index >= 15 is 0 Å². The standard InChI is InChI=1S/C19H30N4O4/c1-6-12(2)16(21-18(20)26)17(25)23-22-15(24)11-27-14-9-7-13(8-10-14)19(3,4)5/h7-10,12,16H,6,11H2,1-5H3,(H,22,24)(H,23,25)(H3,20,21,26)/t12-,16+/m1/s1. The summed E-state index contributed by atoms with van der Waals surface area (Å²) in [5.74, 6) is -0.666. The first-order chi connectivity index (χ1) is 12.5. The lowest BCUT2D eigenvalue weighted by atomic mass is 9.87. The number of urea groups is 1. The Kier molecular flexibility index (Phi) is 8.08. The van der Waals surface area contributed by atoms with Crippen molar-refractivity contribution in [2.75, 3.05) is 6.61 Å². The first-order valence-corrected chi connectivity index (χ1v) is 8.92. The SMILES string of the molecule is CC[C@@H](C)[C@H](NC(N)=O)C(=O)NNC(=O)COc1ccc(C(C)(C)C)cc1. The Morgan fingerprint density at radius 1 is 1.11 bits per heavy atom. The minimum absolute atomic E-state index is 0.0330. The fourth-order valence-electron chi connectivity index (χ4n) is 2.30. The van der Waals surface area contributed by atoms with Crippen molar-refractivity contribution in [2.24, 2.45) is 11.7 Å². The molecule has 0 radical (unpaired) electrons. The molecule has 0 unspecified atom stereocenters. The molecular weight excluding hydrogens is 348 g/mol. The number of rotatable bonds is 7. The third-order valence-corrected chi connectivity index (χ3v) is 4.21. The summed E-state index contributed by atoms with van der Waals surface area (Å²) in [5.41, 5.74) is 10.8. The number of carbonyl (C=O) groups is 3. The van der Waals surface area contributed by atoms with Crippen LogP contribution in [-0.2, 0) is 15.0 Å². The van der Waals surface area contributed by atoms with E-state index in [2.05, 4.69) is 36.9 Å². The van der Waals surface area contributed by atoms with Crippen LogP contribution in [0.3, 0.4) is 0 Å². The van der Waals surface area contributed by atoms with Gasteiger partial charge in [-0.3, -0.25) is 20.4 Å². The molecule has 0 saturated heterocycles. The van der Waals surface area contributed by atoms with Crippen LogP contribution in [0.5, 0.6) is 5.75 Å². The smallest absolute Gasteiger partial charge is 0.312 e. The van der Waals surface area contributed by atoms with Gasteiger partial charge in [-0.25, -0.2) is 4.79 Å². The van der Waals surface area contributed by atoms with Crippen LogP contribution >= 0.6 is 0 Å². The highest BCUT2D eigenvalue weighted by Gasteiger charge is 2.25. The van der Waals surface area contributed by atoms with Crippen molar-refractivity contribution in [2.45, 2.75) is 52.5 Å². The molecule has 1 aromatic rings. The van der Waals surface area contributed by atoms with Gasteiger partial charge in [0.1, 0.15) is 11.8 Å². The minimum Gasteiger partial charge on any atom is -0.484 e. The molecule has 1 rings (SSSR count).